The third-order valence-corrected chi connectivity index (χ3v) is 3.82. The predicted molar refractivity (Wildman–Crippen MR) is 94.3 cm³/mol. The second kappa shape index (κ2) is 7.53. The normalized spacial score (nSPS) is 11.6. The maximum absolute atomic E-state index is 12.9. The van der Waals surface area contributed by atoms with Gasteiger partial charge in [0.25, 0.3) is 0 Å². The Morgan fingerprint density at radius 1 is 0.840 bits per heavy atom. The number of rotatable bonds is 5. The summed E-state index contributed by atoms with van der Waals surface area (Å²) in [6, 6.07) is 19.3. The summed E-state index contributed by atoms with van der Waals surface area (Å²) in [5, 5.41) is 0. The van der Waals surface area contributed by atoms with Gasteiger partial charge < -0.3 is 4.74 Å². The third-order valence-electron chi connectivity index (χ3n) is 3.82. The lowest BCUT2D eigenvalue weighted by Gasteiger charge is -2.17. The molecule has 4 nitrogen and oxygen atoms in total. The molecule has 25 heavy (non-hydrogen) atoms. The average Bonchev–Trinajstić information content (AvgIpc) is 2.67. The number of carbonyl (C=O) groups excluding carboxylic acids is 2. The van der Waals surface area contributed by atoms with Gasteiger partial charge >= 0.3 is 5.97 Å². The molecule has 3 aromatic rings. The third kappa shape index (κ3) is 3.98. The molecule has 0 fully saturated rings. The van der Waals surface area contributed by atoms with E-state index in [4.69, 9.17) is 4.74 Å². The number of hydrogen-bond acceptors (Lipinski definition) is 4. The minimum Gasteiger partial charge on any atom is -0.445 e. The fraction of sp³-hybridized carbons (Fsp3) is 0.0952. The quantitative estimate of drug-likeness (QED) is 0.520. The summed E-state index contributed by atoms with van der Waals surface area (Å²) in [7, 11) is 0. The molecule has 0 saturated carbocycles. The molecule has 0 bridgehead atoms. The van der Waals surface area contributed by atoms with Gasteiger partial charge in [-0.3, -0.25) is 9.78 Å². The summed E-state index contributed by atoms with van der Waals surface area (Å²) in [6.07, 6.45) is 2.02. The first-order valence-corrected chi connectivity index (χ1v) is 7.92. The number of ketones is 1. The van der Waals surface area contributed by atoms with Crippen molar-refractivity contribution in [1.82, 2.24) is 4.98 Å². The van der Waals surface area contributed by atoms with Crippen molar-refractivity contribution in [2.45, 2.75) is 13.0 Å². The molecule has 0 spiro atoms. The molecule has 0 radical (unpaired) electrons. The Hall–Kier alpha value is -3.27. The Morgan fingerprint density at radius 3 is 2.12 bits per heavy atom. The topological polar surface area (TPSA) is 56.3 Å². The van der Waals surface area contributed by atoms with Crippen LogP contribution in [0.15, 0.2) is 79.1 Å². The van der Waals surface area contributed by atoms with Crippen LogP contribution in [0.25, 0.3) is 0 Å². The van der Waals surface area contributed by atoms with E-state index in [1.807, 2.05) is 37.3 Å². The molecule has 0 amide bonds. The first kappa shape index (κ1) is 16.6. The summed E-state index contributed by atoms with van der Waals surface area (Å²) < 4.78 is 5.55. The van der Waals surface area contributed by atoms with E-state index in [-0.39, 0.29) is 5.78 Å². The number of esters is 1. The summed E-state index contributed by atoms with van der Waals surface area (Å²) in [6.45, 7) is 1.95. The van der Waals surface area contributed by atoms with E-state index in [2.05, 4.69) is 4.98 Å². The number of ether oxygens (including phenoxy) is 1. The van der Waals surface area contributed by atoms with E-state index in [9.17, 15) is 9.59 Å². The van der Waals surface area contributed by atoms with Gasteiger partial charge in [-0.2, -0.15) is 0 Å². The number of benzene rings is 2. The van der Waals surface area contributed by atoms with Gasteiger partial charge in [0.15, 0.2) is 6.10 Å². The molecule has 0 unspecified atom stereocenters. The minimum absolute atomic E-state index is 0.256. The van der Waals surface area contributed by atoms with Crippen LogP contribution < -0.4 is 0 Å². The maximum atomic E-state index is 12.9. The van der Waals surface area contributed by atoms with Crippen LogP contribution in [-0.2, 0) is 4.74 Å². The lowest BCUT2D eigenvalue weighted by atomic mass is 9.99. The Kier molecular flexibility index (Phi) is 5.00. The number of hydrogen-bond donors (Lipinski definition) is 0. The van der Waals surface area contributed by atoms with Crippen LogP contribution in [0, 0.1) is 6.92 Å². The van der Waals surface area contributed by atoms with E-state index >= 15 is 0 Å². The van der Waals surface area contributed by atoms with Gasteiger partial charge in [0.05, 0.1) is 5.56 Å². The first-order valence-electron chi connectivity index (χ1n) is 7.92. The highest BCUT2D eigenvalue weighted by atomic mass is 16.5. The van der Waals surface area contributed by atoms with E-state index in [0.29, 0.717) is 16.7 Å². The monoisotopic (exact) mass is 331 g/mol. The van der Waals surface area contributed by atoms with Crippen LogP contribution in [0.2, 0.25) is 0 Å². The predicted octanol–water partition coefficient (Wildman–Crippen LogP) is 4.17. The summed E-state index contributed by atoms with van der Waals surface area (Å²) >= 11 is 0. The Morgan fingerprint density at radius 2 is 1.48 bits per heavy atom. The van der Waals surface area contributed by atoms with Crippen LogP contribution in [0.1, 0.15) is 37.9 Å². The molecule has 0 aliphatic rings. The van der Waals surface area contributed by atoms with Gasteiger partial charge in [-0.05, 0) is 19.1 Å². The van der Waals surface area contributed by atoms with E-state index < -0.39 is 12.1 Å². The molecule has 0 N–H and O–H groups in total. The van der Waals surface area contributed by atoms with Crippen LogP contribution in [-0.4, -0.2) is 16.7 Å². The molecular formula is C21H17NO3. The zero-order chi connectivity index (χ0) is 17.6. The molecular weight excluding hydrogens is 314 g/mol. The lowest BCUT2D eigenvalue weighted by molar-refractivity contribution is 0.0280. The van der Waals surface area contributed by atoms with E-state index in [0.717, 1.165) is 5.56 Å². The summed E-state index contributed by atoms with van der Waals surface area (Å²) in [4.78, 5) is 29.2. The number of Topliss-reactive ketones (excluding diaryl/α,β-unsaturated/α-hetero) is 1. The van der Waals surface area contributed by atoms with E-state index in [1.165, 1.54) is 12.4 Å². The number of carbonyl (C=O) groups is 2. The van der Waals surface area contributed by atoms with Crippen LogP contribution in [0.3, 0.4) is 0 Å². The average molecular weight is 331 g/mol. The van der Waals surface area contributed by atoms with Gasteiger partial charge in [0.2, 0.25) is 5.78 Å². The Labute approximate surface area is 146 Å². The number of nitrogens with zero attached hydrogens (tertiary/aromatic N) is 1. The largest absolute Gasteiger partial charge is 0.445 e. The highest BCUT2D eigenvalue weighted by Crippen LogP contribution is 2.24. The van der Waals surface area contributed by atoms with Crippen molar-refractivity contribution in [3.8, 4) is 0 Å². The Bertz CT molecular complexity index is 859. The van der Waals surface area contributed by atoms with Gasteiger partial charge in [0, 0.05) is 23.5 Å². The highest BCUT2D eigenvalue weighted by molar-refractivity contribution is 6.02. The number of pyridine rings is 1. The van der Waals surface area contributed by atoms with E-state index in [1.54, 1.807) is 36.4 Å². The minimum atomic E-state index is -0.996. The molecule has 1 heterocycles. The molecule has 1 aromatic heterocycles. The van der Waals surface area contributed by atoms with Crippen molar-refractivity contribution in [1.29, 1.82) is 0 Å². The summed E-state index contributed by atoms with van der Waals surface area (Å²) in [5.41, 5.74) is 2.55. The zero-order valence-electron chi connectivity index (χ0n) is 13.8. The number of aryl methyl sites for hydroxylation is 1. The molecule has 0 aliphatic carbocycles. The fourth-order valence-electron chi connectivity index (χ4n) is 2.43. The molecule has 0 saturated heterocycles. The van der Waals surface area contributed by atoms with Crippen molar-refractivity contribution >= 4 is 11.8 Å². The molecule has 2 aromatic carbocycles. The zero-order valence-corrected chi connectivity index (χ0v) is 13.8. The molecule has 4 heteroatoms. The van der Waals surface area contributed by atoms with Crippen molar-refractivity contribution in [3.63, 3.8) is 0 Å². The SMILES string of the molecule is Cc1ccc(C(=O)[C@@H](OC(=O)c2ccncc2)c2ccccc2)cc1. The fourth-order valence-corrected chi connectivity index (χ4v) is 2.43. The maximum Gasteiger partial charge on any atom is 0.339 e. The van der Waals surface area contributed by atoms with Crippen molar-refractivity contribution in [2.24, 2.45) is 0 Å². The molecule has 124 valence electrons. The van der Waals surface area contributed by atoms with Crippen LogP contribution in [0.5, 0.6) is 0 Å². The van der Waals surface area contributed by atoms with Crippen molar-refractivity contribution in [2.75, 3.05) is 0 Å². The van der Waals surface area contributed by atoms with Gasteiger partial charge in [0.1, 0.15) is 0 Å². The molecule has 0 aliphatic heterocycles. The summed E-state index contributed by atoms with van der Waals surface area (Å²) in [5.74, 6) is -0.815. The molecule has 1 atom stereocenters. The van der Waals surface area contributed by atoms with Crippen molar-refractivity contribution in [3.05, 3.63) is 101 Å². The molecule has 3 rings (SSSR count). The second-order valence-electron chi connectivity index (χ2n) is 5.66. The van der Waals surface area contributed by atoms with Crippen LogP contribution in [0.4, 0.5) is 0 Å². The van der Waals surface area contributed by atoms with Crippen molar-refractivity contribution < 1.29 is 14.3 Å². The smallest absolute Gasteiger partial charge is 0.339 e. The number of aromatic nitrogens is 1. The standard InChI is InChI=1S/C21H17NO3/c1-15-7-9-16(10-8-15)19(23)20(17-5-3-2-4-6-17)25-21(24)18-11-13-22-14-12-18/h2-14,20H,1H3/t20-/m0/s1. The van der Waals surface area contributed by atoms with Gasteiger partial charge in [-0.1, -0.05) is 60.2 Å². The van der Waals surface area contributed by atoms with Crippen LogP contribution >= 0.6 is 0 Å². The highest BCUT2D eigenvalue weighted by Gasteiger charge is 2.26. The lowest BCUT2D eigenvalue weighted by Crippen LogP contribution is -2.20. The Balaban J connectivity index is 1.91. The second-order valence-corrected chi connectivity index (χ2v) is 5.66. The van der Waals surface area contributed by atoms with Gasteiger partial charge in [-0.15, -0.1) is 0 Å². The van der Waals surface area contributed by atoms with Gasteiger partial charge in [-0.25, -0.2) is 4.79 Å². The first-order chi connectivity index (χ1) is 12.1.